The van der Waals surface area contributed by atoms with E-state index >= 15 is 0 Å². The highest BCUT2D eigenvalue weighted by Crippen LogP contribution is 2.42. The molecule has 9 heteroatoms. The monoisotopic (exact) mass is 350 g/mol. The second-order valence-corrected chi connectivity index (χ2v) is 6.63. The van der Waals surface area contributed by atoms with Gasteiger partial charge in [-0.25, -0.2) is 9.18 Å². The molecule has 0 amide bonds. The Morgan fingerprint density at radius 2 is 2.04 bits per heavy atom. The molecule has 0 radical (unpaired) electrons. The maximum atomic E-state index is 14.8. The summed E-state index contributed by atoms with van der Waals surface area (Å²) in [5.41, 5.74) is 4.55. The van der Waals surface area contributed by atoms with Gasteiger partial charge in [-0.3, -0.25) is 9.36 Å². The van der Waals surface area contributed by atoms with Crippen molar-refractivity contribution in [3.05, 3.63) is 32.7 Å². The summed E-state index contributed by atoms with van der Waals surface area (Å²) in [6.45, 7) is 1.02. The average molecular weight is 350 g/mol. The Bertz CT molecular complexity index is 979. The van der Waals surface area contributed by atoms with Gasteiger partial charge in [0.1, 0.15) is 11.2 Å². The van der Waals surface area contributed by atoms with E-state index in [1.54, 1.807) is 4.90 Å². The van der Waals surface area contributed by atoms with Crippen molar-refractivity contribution in [2.75, 3.05) is 25.1 Å². The van der Waals surface area contributed by atoms with E-state index in [1.807, 2.05) is 0 Å². The lowest BCUT2D eigenvalue weighted by atomic mass is 10.1. The van der Waals surface area contributed by atoms with Crippen LogP contribution in [0.1, 0.15) is 25.3 Å². The van der Waals surface area contributed by atoms with Gasteiger partial charge in [0, 0.05) is 25.2 Å². The third-order valence-electron chi connectivity index (χ3n) is 4.89. The minimum absolute atomic E-state index is 0.0327. The minimum Gasteiger partial charge on any atom is -0.492 e. The van der Waals surface area contributed by atoms with E-state index in [2.05, 4.69) is 0 Å². The topological polar surface area (TPSA) is 103 Å². The molecule has 1 unspecified atom stereocenters. The first kappa shape index (κ1) is 15.9. The summed E-state index contributed by atoms with van der Waals surface area (Å²) in [5, 5.41) is 9.73. The van der Waals surface area contributed by atoms with Crippen molar-refractivity contribution < 1.29 is 14.3 Å². The molecule has 1 aromatic heterocycles. The second kappa shape index (κ2) is 5.48. The van der Waals surface area contributed by atoms with Crippen LogP contribution >= 0.6 is 0 Å². The van der Waals surface area contributed by atoms with Gasteiger partial charge in [-0.15, -0.1) is 0 Å². The Balaban J connectivity index is 2.11. The molecule has 2 aromatic rings. The Kier molecular flexibility index (Phi) is 3.50. The van der Waals surface area contributed by atoms with Crippen molar-refractivity contribution in [1.29, 1.82) is 0 Å². The average Bonchev–Trinajstić information content (AvgIpc) is 3.33. The fraction of sp³-hybridized carbons (Fsp3) is 0.500. The summed E-state index contributed by atoms with van der Waals surface area (Å²) < 4.78 is 21.6. The van der Waals surface area contributed by atoms with Crippen molar-refractivity contribution in [2.45, 2.75) is 31.3 Å². The Hall–Kier alpha value is -2.55. The first-order valence-electron chi connectivity index (χ1n) is 8.21. The summed E-state index contributed by atoms with van der Waals surface area (Å²) in [6, 6.07) is 0.850. The van der Waals surface area contributed by atoms with E-state index in [9.17, 15) is 19.2 Å². The molecular weight excluding hydrogens is 331 g/mol. The van der Waals surface area contributed by atoms with E-state index in [4.69, 9.17) is 10.5 Å². The quantitative estimate of drug-likeness (QED) is 0.778. The molecule has 1 saturated carbocycles. The van der Waals surface area contributed by atoms with Crippen LogP contribution in [-0.2, 0) is 0 Å². The van der Waals surface area contributed by atoms with Crippen LogP contribution in [0.3, 0.4) is 0 Å². The SMILES string of the molecule is COc1c(N2CCC(N)C2)c(F)cc2c(=O)n(O)c(=O)n(C3CC3)c12. The fourth-order valence-corrected chi connectivity index (χ4v) is 3.56. The number of nitrogens with two attached hydrogens (primary N) is 1. The maximum Gasteiger partial charge on any atom is 0.365 e. The van der Waals surface area contributed by atoms with Crippen molar-refractivity contribution >= 4 is 16.6 Å². The highest BCUT2D eigenvalue weighted by molar-refractivity contribution is 5.91. The Labute approximate surface area is 141 Å². The molecule has 134 valence electrons. The Morgan fingerprint density at radius 1 is 1.32 bits per heavy atom. The third-order valence-corrected chi connectivity index (χ3v) is 4.89. The molecule has 1 aliphatic heterocycles. The number of hydrogen-bond donors (Lipinski definition) is 2. The molecular formula is C16H19FN4O4. The van der Waals surface area contributed by atoms with Gasteiger partial charge >= 0.3 is 5.69 Å². The molecule has 1 aliphatic carbocycles. The van der Waals surface area contributed by atoms with Crippen LogP contribution in [0.2, 0.25) is 0 Å². The molecule has 2 fully saturated rings. The summed E-state index contributed by atoms with van der Waals surface area (Å²) >= 11 is 0. The van der Waals surface area contributed by atoms with E-state index in [0.29, 0.717) is 19.5 Å². The van der Waals surface area contributed by atoms with Crippen molar-refractivity contribution in [2.24, 2.45) is 5.73 Å². The zero-order valence-corrected chi connectivity index (χ0v) is 13.7. The molecule has 2 heterocycles. The number of rotatable bonds is 3. The maximum absolute atomic E-state index is 14.8. The summed E-state index contributed by atoms with van der Waals surface area (Å²) in [7, 11) is 1.37. The molecule has 3 N–H and O–H groups in total. The smallest absolute Gasteiger partial charge is 0.365 e. The van der Waals surface area contributed by atoms with Crippen LogP contribution in [0.4, 0.5) is 10.1 Å². The van der Waals surface area contributed by atoms with E-state index < -0.39 is 17.1 Å². The summed E-state index contributed by atoms with van der Waals surface area (Å²) in [6.07, 6.45) is 2.21. The van der Waals surface area contributed by atoms with Crippen LogP contribution in [-0.4, -0.2) is 40.7 Å². The minimum atomic E-state index is -0.959. The van der Waals surface area contributed by atoms with Crippen LogP contribution in [0.5, 0.6) is 5.75 Å². The highest BCUT2D eigenvalue weighted by atomic mass is 19.1. The largest absolute Gasteiger partial charge is 0.492 e. The lowest BCUT2D eigenvalue weighted by molar-refractivity contribution is 0.157. The van der Waals surface area contributed by atoms with Crippen molar-refractivity contribution in [3.8, 4) is 5.75 Å². The molecule has 25 heavy (non-hydrogen) atoms. The summed E-state index contributed by atoms with van der Waals surface area (Å²) in [5.74, 6) is -0.512. The van der Waals surface area contributed by atoms with Crippen LogP contribution < -0.4 is 26.6 Å². The number of methoxy groups -OCH3 is 1. The van der Waals surface area contributed by atoms with Gasteiger partial charge in [0.05, 0.1) is 12.5 Å². The van der Waals surface area contributed by atoms with Crippen molar-refractivity contribution in [1.82, 2.24) is 9.30 Å². The molecule has 1 aromatic carbocycles. The number of halogens is 1. The van der Waals surface area contributed by atoms with Gasteiger partial charge in [0.15, 0.2) is 11.6 Å². The van der Waals surface area contributed by atoms with Gasteiger partial charge in [-0.05, 0) is 25.3 Å². The number of aromatic nitrogens is 2. The fourth-order valence-electron chi connectivity index (χ4n) is 3.56. The van der Waals surface area contributed by atoms with E-state index in [-0.39, 0.29) is 39.2 Å². The van der Waals surface area contributed by atoms with Crippen LogP contribution in [0.15, 0.2) is 15.7 Å². The van der Waals surface area contributed by atoms with E-state index in [1.165, 1.54) is 11.7 Å². The van der Waals surface area contributed by atoms with Crippen molar-refractivity contribution in [3.63, 3.8) is 0 Å². The molecule has 1 saturated heterocycles. The number of nitrogens with zero attached hydrogens (tertiary/aromatic N) is 3. The van der Waals surface area contributed by atoms with Gasteiger partial charge in [-0.1, -0.05) is 4.73 Å². The van der Waals surface area contributed by atoms with E-state index in [0.717, 1.165) is 18.9 Å². The number of ether oxygens (including phenoxy) is 1. The van der Waals surface area contributed by atoms with Gasteiger partial charge < -0.3 is 20.6 Å². The third kappa shape index (κ3) is 2.30. The normalized spacial score (nSPS) is 20.4. The zero-order chi connectivity index (χ0) is 17.9. The van der Waals surface area contributed by atoms with Gasteiger partial charge in [-0.2, -0.15) is 0 Å². The molecule has 2 aliphatic rings. The second-order valence-electron chi connectivity index (χ2n) is 6.63. The van der Waals surface area contributed by atoms with Crippen LogP contribution in [0, 0.1) is 5.82 Å². The lowest BCUT2D eigenvalue weighted by Gasteiger charge is -2.24. The molecule has 8 nitrogen and oxygen atoms in total. The Morgan fingerprint density at radius 3 is 2.60 bits per heavy atom. The highest BCUT2D eigenvalue weighted by Gasteiger charge is 2.33. The first-order valence-corrected chi connectivity index (χ1v) is 8.21. The molecule has 0 bridgehead atoms. The van der Waals surface area contributed by atoms with Gasteiger partial charge in [0.2, 0.25) is 0 Å². The molecule has 0 spiro atoms. The molecule has 1 atom stereocenters. The number of hydrogen-bond acceptors (Lipinski definition) is 6. The van der Waals surface area contributed by atoms with Gasteiger partial charge in [0.25, 0.3) is 5.56 Å². The number of fused-ring (bicyclic) bond motifs is 1. The predicted molar refractivity (Wildman–Crippen MR) is 89.2 cm³/mol. The number of benzene rings is 1. The predicted octanol–water partition coefficient (Wildman–Crippen LogP) is 0.420. The summed E-state index contributed by atoms with van der Waals surface area (Å²) in [4.78, 5) is 26.5. The zero-order valence-electron chi connectivity index (χ0n) is 13.7. The number of anilines is 1. The van der Waals surface area contributed by atoms with Crippen LogP contribution in [0.25, 0.3) is 10.9 Å². The standard InChI is InChI=1S/C16H19FN4O4/c1-25-14-12-10(6-11(17)13(14)19-5-4-8(18)7-19)15(22)21(24)16(23)20(12)9-2-3-9/h6,8-9,24H,2-5,7,18H2,1H3. The lowest BCUT2D eigenvalue weighted by Crippen LogP contribution is -2.39. The molecule has 4 rings (SSSR count). The first-order chi connectivity index (χ1) is 11.9.